The Kier molecular flexibility index (Phi) is 5.13. The molecule has 1 aromatic heterocycles. The second-order valence-electron chi connectivity index (χ2n) is 6.26. The van der Waals surface area contributed by atoms with Crippen LogP contribution in [0.3, 0.4) is 0 Å². The molecule has 0 amide bonds. The van der Waals surface area contributed by atoms with Gasteiger partial charge in [-0.2, -0.15) is 0 Å². The lowest BCUT2D eigenvalue weighted by Gasteiger charge is -2.11. The van der Waals surface area contributed by atoms with Crippen molar-refractivity contribution in [1.29, 1.82) is 0 Å². The third kappa shape index (κ3) is 4.15. The second-order valence-corrected chi connectivity index (χ2v) is 6.26. The van der Waals surface area contributed by atoms with Crippen LogP contribution < -0.4 is 5.32 Å². The van der Waals surface area contributed by atoms with Gasteiger partial charge in [0.05, 0.1) is 5.69 Å². The Morgan fingerprint density at radius 2 is 1.76 bits per heavy atom. The maximum Gasteiger partial charge on any atom is 0.0705 e. The van der Waals surface area contributed by atoms with Crippen LogP contribution in [0.4, 0.5) is 0 Å². The summed E-state index contributed by atoms with van der Waals surface area (Å²) in [6.45, 7) is 12.8. The maximum atomic E-state index is 4.77. The first-order chi connectivity index (χ1) is 9.97. The number of hydrogen-bond donors (Lipinski definition) is 1. The Balaban J connectivity index is 2.16. The number of benzene rings is 1. The van der Waals surface area contributed by atoms with Crippen molar-refractivity contribution in [2.24, 2.45) is 5.92 Å². The maximum absolute atomic E-state index is 4.77. The van der Waals surface area contributed by atoms with Gasteiger partial charge in [0.2, 0.25) is 0 Å². The molecule has 21 heavy (non-hydrogen) atoms. The molecular formula is C19H26N2. The third-order valence-corrected chi connectivity index (χ3v) is 3.87. The van der Waals surface area contributed by atoms with E-state index < -0.39 is 0 Å². The molecule has 1 aromatic carbocycles. The van der Waals surface area contributed by atoms with Crippen LogP contribution in [0.2, 0.25) is 0 Å². The summed E-state index contributed by atoms with van der Waals surface area (Å²) in [6, 6.07) is 10.9. The van der Waals surface area contributed by atoms with Crippen molar-refractivity contribution < 1.29 is 0 Å². The summed E-state index contributed by atoms with van der Waals surface area (Å²) in [4.78, 5) is 4.77. The predicted octanol–water partition coefficient (Wildman–Crippen LogP) is 4.42. The molecule has 2 aromatic rings. The Labute approximate surface area is 128 Å². The topological polar surface area (TPSA) is 24.9 Å². The average Bonchev–Trinajstić information content (AvgIpc) is 2.43. The molecule has 0 unspecified atom stereocenters. The number of aromatic nitrogens is 1. The van der Waals surface area contributed by atoms with Crippen LogP contribution in [-0.4, -0.2) is 11.5 Å². The summed E-state index contributed by atoms with van der Waals surface area (Å²) in [5, 5.41) is 3.48. The van der Waals surface area contributed by atoms with Crippen LogP contribution in [0.25, 0.3) is 11.3 Å². The monoisotopic (exact) mass is 282 g/mol. The van der Waals surface area contributed by atoms with E-state index in [1.54, 1.807) is 0 Å². The number of pyridine rings is 1. The van der Waals surface area contributed by atoms with E-state index in [9.17, 15) is 0 Å². The number of hydrogen-bond acceptors (Lipinski definition) is 2. The van der Waals surface area contributed by atoms with Crippen LogP contribution in [0, 0.1) is 26.7 Å². The quantitative estimate of drug-likeness (QED) is 0.878. The molecule has 112 valence electrons. The van der Waals surface area contributed by atoms with Gasteiger partial charge in [0, 0.05) is 17.8 Å². The van der Waals surface area contributed by atoms with Crippen molar-refractivity contribution in [3.63, 3.8) is 0 Å². The zero-order chi connectivity index (χ0) is 15.4. The van der Waals surface area contributed by atoms with E-state index in [0.29, 0.717) is 5.92 Å². The zero-order valence-electron chi connectivity index (χ0n) is 13.8. The fourth-order valence-corrected chi connectivity index (χ4v) is 2.33. The van der Waals surface area contributed by atoms with Crippen LogP contribution in [0.1, 0.15) is 36.2 Å². The standard InChI is InChI=1S/C19H26N2/c1-13(2)11-20-12-18-8-9-19(21-16(18)5)17-7-6-14(3)15(4)10-17/h6-10,13,20H,11-12H2,1-5H3. The van der Waals surface area contributed by atoms with Gasteiger partial charge in [-0.05, 0) is 62.1 Å². The largest absolute Gasteiger partial charge is 0.312 e. The molecule has 0 atom stereocenters. The SMILES string of the molecule is Cc1ccc(-c2ccc(CNCC(C)C)c(C)n2)cc1C. The van der Waals surface area contributed by atoms with E-state index in [0.717, 1.165) is 24.5 Å². The minimum Gasteiger partial charge on any atom is -0.312 e. The Morgan fingerprint density at radius 3 is 2.38 bits per heavy atom. The van der Waals surface area contributed by atoms with E-state index in [1.807, 2.05) is 0 Å². The van der Waals surface area contributed by atoms with Crippen molar-refractivity contribution in [1.82, 2.24) is 10.3 Å². The second kappa shape index (κ2) is 6.86. The molecule has 0 fully saturated rings. The van der Waals surface area contributed by atoms with Crippen LogP contribution in [0.5, 0.6) is 0 Å². The fraction of sp³-hybridized carbons (Fsp3) is 0.421. The molecule has 0 saturated carbocycles. The van der Waals surface area contributed by atoms with E-state index >= 15 is 0 Å². The Hall–Kier alpha value is -1.67. The third-order valence-electron chi connectivity index (χ3n) is 3.87. The van der Waals surface area contributed by atoms with Crippen molar-refractivity contribution in [2.75, 3.05) is 6.54 Å². The lowest BCUT2D eigenvalue weighted by Crippen LogP contribution is -2.19. The van der Waals surface area contributed by atoms with Crippen molar-refractivity contribution >= 4 is 0 Å². The van der Waals surface area contributed by atoms with E-state index in [1.165, 1.54) is 22.3 Å². The molecule has 0 bridgehead atoms. The van der Waals surface area contributed by atoms with Crippen molar-refractivity contribution in [3.05, 3.63) is 52.7 Å². The van der Waals surface area contributed by atoms with Crippen LogP contribution in [0.15, 0.2) is 30.3 Å². The fourth-order valence-electron chi connectivity index (χ4n) is 2.33. The minimum atomic E-state index is 0.674. The number of nitrogens with one attached hydrogen (secondary N) is 1. The first-order valence-corrected chi connectivity index (χ1v) is 7.72. The predicted molar refractivity (Wildman–Crippen MR) is 90.4 cm³/mol. The highest BCUT2D eigenvalue weighted by molar-refractivity contribution is 5.61. The highest BCUT2D eigenvalue weighted by Crippen LogP contribution is 2.21. The van der Waals surface area contributed by atoms with Crippen molar-refractivity contribution in [2.45, 2.75) is 41.2 Å². The minimum absolute atomic E-state index is 0.674. The van der Waals surface area contributed by atoms with E-state index in [2.05, 4.69) is 70.3 Å². The first-order valence-electron chi connectivity index (χ1n) is 7.72. The molecule has 0 radical (unpaired) electrons. The molecule has 0 aliphatic carbocycles. The number of aryl methyl sites for hydroxylation is 3. The lowest BCUT2D eigenvalue weighted by molar-refractivity contribution is 0.551. The van der Waals surface area contributed by atoms with Gasteiger partial charge in [0.25, 0.3) is 0 Å². The highest BCUT2D eigenvalue weighted by atomic mass is 14.9. The van der Waals surface area contributed by atoms with E-state index in [4.69, 9.17) is 4.98 Å². The first kappa shape index (κ1) is 15.7. The molecule has 1 heterocycles. The van der Waals surface area contributed by atoms with E-state index in [-0.39, 0.29) is 0 Å². The van der Waals surface area contributed by atoms with Gasteiger partial charge in [-0.3, -0.25) is 4.98 Å². The van der Waals surface area contributed by atoms with Gasteiger partial charge in [-0.1, -0.05) is 32.0 Å². The summed E-state index contributed by atoms with van der Waals surface area (Å²) in [5.41, 5.74) is 7.29. The number of rotatable bonds is 5. The zero-order valence-corrected chi connectivity index (χ0v) is 13.8. The summed E-state index contributed by atoms with van der Waals surface area (Å²) < 4.78 is 0. The molecule has 1 N–H and O–H groups in total. The van der Waals surface area contributed by atoms with Gasteiger partial charge in [-0.25, -0.2) is 0 Å². The van der Waals surface area contributed by atoms with Crippen LogP contribution in [-0.2, 0) is 6.54 Å². The molecule has 0 saturated heterocycles. The molecular weight excluding hydrogens is 256 g/mol. The molecule has 2 rings (SSSR count). The summed E-state index contributed by atoms with van der Waals surface area (Å²) in [6.07, 6.45) is 0. The molecule has 2 heteroatoms. The normalized spacial score (nSPS) is 11.1. The van der Waals surface area contributed by atoms with Gasteiger partial charge in [0.15, 0.2) is 0 Å². The highest BCUT2D eigenvalue weighted by Gasteiger charge is 2.05. The molecule has 2 nitrogen and oxygen atoms in total. The Morgan fingerprint density at radius 1 is 1.00 bits per heavy atom. The molecule has 0 aliphatic rings. The van der Waals surface area contributed by atoms with Gasteiger partial charge < -0.3 is 5.32 Å². The average molecular weight is 282 g/mol. The molecule has 0 spiro atoms. The summed E-state index contributed by atoms with van der Waals surface area (Å²) in [7, 11) is 0. The summed E-state index contributed by atoms with van der Waals surface area (Å²) >= 11 is 0. The van der Waals surface area contributed by atoms with Gasteiger partial charge >= 0.3 is 0 Å². The van der Waals surface area contributed by atoms with Gasteiger partial charge in [-0.15, -0.1) is 0 Å². The smallest absolute Gasteiger partial charge is 0.0705 e. The Bertz CT molecular complexity index is 615. The van der Waals surface area contributed by atoms with Crippen LogP contribution >= 0.6 is 0 Å². The van der Waals surface area contributed by atoms with Crippen molar-refractivity contribution in [3.8, 4) is 11.3 Å². The lowest BCUT2D eigenvalue weighted by atomic mass is 10.0. The number of nitrogens with zero attached hydrogens (tertiary/aromatic N) is 1. The summed E-state index contributed by atoms with van der Waals surface area (Å²) in [5.74, 6) is 0.674. The van der Waals surface area contributed by atoms with Gasteiger partial charge in [0.1, 0.15) is 0 Å². The molecule has 0 aliphatic heterocycles.